The molecule has 0 aromatic heterocycles. The molecule has 0 amide bonds. The standard InChI is InChI=1S/C15H22Cl2N2O3S/c1-11-3-4-12(16)14(13(11)17)23(20,21)19-9-15(10-22-2)5-7-18-8-6-15/h3-4,18-19H,5-10H2,1-2H3. The van der Waals surface area contributed by atoms with Gasteiger partial charge in [-0.25, -0.2) is 13.1 Å². The number of hydrogen-bond donors (Lipinski definition) is 2. The van der Waals surface area contributed by atoms with Gasteiger partial charge in [0, 0.05) is 19.1 Å². The van der Waals surface area contributed by atoms with Gasteiger partial charge in [0.05, 0.1) is 16.7 Å². The number of rotatable bonds is 6. The number of methoxy groups -OCH3 is 1. The van der Waals surface area contributed by atoms with E-state index in [9.17, 15) is 8.42 Å². The van der Waals surface area contributed by atoms with E-state index >= 15 is 0 Å². The molecule has 0 aliphatic carbocycles. The first-order chi connectivity index (χ1) is 10.8. The van der Waals surface area contributed by atoms with Crippen LogP contribution in [0.25, 0.3) is 0 Å². The highest BCUT2D eigenvalue weighted by atomic mass is 35.5. The monoisotopic (exact) mass is 380 g/mol. The van der Waals surface area contributed by atoms with Crippen LogP contribution in [0.15, 0.2) is 17.0 Å². The predicted octanol–water partition coefficient (Wildman–Crippen LogP) is 2.60. The zero-order chi connectivity index (χ0) is 17.1. The van der Waals surface area contributed by atoms with Crippen LogP contribution in [-0.2, 0) is 14.8 Å². The summed E-state index contributed by atoms with van der Waals surface area (Å²) >= 11 is 12.2. The van der Waals surface area contributed by atoms with Gasteiger partial charge < -0.3 is 10.1 Å². The van der Waals surface area contributed by atoms with Crippen molar-refractivity contribution >= 4 is 33.2 Å². The van der Waals surface area contributed by atoms with Gasteiger partial charge in [-0.05, 0) is 44.5 Å². The molecule has 0 radical (unpaired) electrons. The van der Waals surface area contributed by atoms with Gasteiger partial charge in [0.15, 0.2) is 0 Å². The minimum Gasteiger partial charge on any atom is -0.384 e. The predicted molar refractivity (Wildman–Crippen MR) is 92.8 cm³/mol. The van der Waals surface area contributed by atoms with E-state index in [0.29, 0.717) is 18.7 Å². The Morgan fingerprint density at radius 1 is 1.30 bits per heavy atom. The van der Waals surface area contributed by atoms with Crippen molar-refractivity contribution in [2.75, 3.05) is 33.4 Å². The molecule has 2 rings (SSSR count). The van der Waals surface area contributed by atoms with Crippen molar-refractivity contribution < 1.29 is 13.2 Å². The van der Waals surface area contributed by atoms with Crippen LogP contribution in [0.5, 0.6) is 0 Å². The highest BCUT2D eigenvalue weighted by molar-refractivity contribution is 7.89. The van der Waals surface area contributed by atoms with Crippen LogP contribution in [0.4, 0.5) is 0 Å². The average Bonchev–Trinajstić information content (AvgIpc) is 2.51. The first-order valence-corrected chi connectivity index (χ1v) is 9.69. The molecule has 5 nitrogen and oxygen atoms in total. The third-order valence-electron chi connectivity index (χ3n) is 4.26. The van der Waals surface area contributed by atoms with Crippen LogP contribution in [0.2, 0.25) is 10.0 Å². The normalized spacial score (nSPS) is 18.1. The second-order valence-electron chi connectivity index (χ2n) is 6.01. The molecule has 0 bridgehead atoms. The molecule has 1 aromatic carbocycles. The third-order valence-corrected chi connectivity index (χ3v) is 6.77. The summed E-state index contributed by atoms with van der Waals surface area (Å²) in [5.41, 5.74) is 0.459. The summed E-state index contributed by atoms with van der Waals surface area (Å²) in [6.07, 6.45) is 1.69. The molecule has 1 saturated heterocycles. The van der Waals surface area contributed by atoms with Crippen LogP contribution < -0.4 is 10.0 Å². The molecule has 1 heterocycles. The summed E-state index contributed by atoms with van der Waals surface area (Å²) in [4.78, 5) is -0.0534. The molecule has 130 valence electrons. The number of ether oxygens (including phenoxy) is 1. The van der Waals surface area contributed by atoms with E-state index < -0.39 is 10.0 Å². The molecule has 8 heteroatoms. The number of aryl methyl sites for hydroxylation is 1. The van der Waals surface area contributed by atoms with Gasteiger partial charge in [-0.3, -0.25) is 0 Å². The maximum absolute atomic E-state index is 12.7. The van der Waals surface area contributed by atoms with Gasteiger partial charge in [0.2, 0.25) is 10.0 Å². The number of nitrogens with one attached hydrogen (secondary N) is 2. The Bertz CT molecular complexity index is 653. The van der Waals surface area contributed by atoms with Crippen molar-refractivity contribution in [1.82, 2.24) is 10.0 Å². The summed E-state index contributed by atoms with van der Waals surface area (Å²) < 4.78 is 33.3. The third kappa shape index (κ3) is 4.38. The summed E-state index contributed by atoms with van der Waals surface area (Å²) in [6.45, 7) is 4.24. The van der Waals surface area contributed by atoms with E-state index in [0.717, 1.165) is 25.9 Å². The van der Waals surface area contributed by atoms with Crippen molar-refractivity contribution in [2.45, 2.75) is 24.7 Å². The van der Waals surface area contributed by atoms with E-state index in [1.807, 2.05) is 0 Å². The smallest absolute Gasteiger partial charge is 0.243 e. The van der Waals surface area contributed by atoms with Crippen LogP contribution in [0, 0.1) is 12.3 Å². The maximum atomic E-state index is 12.7. The van der Waals surface area contributed by atoms with Crippen LogP contribution in [-0.4, -0.2) is 41.8 Å². The number of halogens is 2. The topological polar surface area (TPSA) is 67.4 Å². The molecule has 0 unspecified atom stereocenters. The lowest BCUT2D eigenvalue weighted by Gasteiger charge is -2.37. The SMILES string of the molecule is COCC1(CNS(=O)(=O)c2c(Cl)ccc(C)c2Cl)CCNCC1. The van der Waals surface area contributed by atoms with Gasteiger partial charge in [-0.15, -0.1) is 0 Å². The van der Waals surface area contributed by atoms with Gasteiger partial charge in [-0.1, -0.05) is 29.3 Å². The van der Waals surface area contributed by atoms with Crippen molar-refractivity contribution in [1.29, 1.82) is 0 Å². The van der Waals surface area contributed by atoms with E-state index in [4.69, 9.17) is 27.9 Å². The van der Waals surface area contributed by atoms with Crippen LogP contribution >= 0.6 is 23.2 Å². The van der Waals surface area contributed by atoms with Crippen LogP contribution in [0.3, 0.4) is 0 Å². The van der Waals surface area contributed by atoms with Crippen molar-refractivity contribution in [3.8, 4) is 0 Å². The first-order valence-electron chi connectivity index (χ1n) is 7.45. The zero-order valence-corrected chi connectivity index (χ0v) is 15.6. The molecule has 1 aromatic rings. The molecule has 0 spiro atoms. The summed E-state index contributed by atoms with van der Waals surface area (Å²) in [5.74, 6) is 0. The van der Waals surface area contributed by atoms with Crippen molar-refractivity contribution in [2.24, 2.45) is 5.41 Å². The molecule has 0 saturated carbocycles. The second-order valence-corrected chi connectivity index (χ2v) is 8.50. The number of sulfonamides is 1. The van der Waals surface area contributed by atoms with Gasteiger partial charge in [-0.2, -0.15) is 0 Å². The fourth-order valence-electron chi connectivity index (χ4n) is 2.83. The number of hydrogen-bond acceptors (Lipinski definition) is 4. The highest BCUT2D eigenvalue weighted by Crippen LogP contribution is 2.33. The lowest BCUT2D eigenvalue weighted by Crippen LogP contribution is -2.47. The molecule has 2 N–H and O–H groups in total. The fraction of sp³-hybridized carbons (Fsp3) is 0.600. The molecular weight excluding hydrogens is 359 g/mol. The number of piperidine rings is 1. The fourth-order valence-corrected chi connectivity index (χ4v) is 5.18. The lowest BCUT2D eigenvalue weighted by atomic mass is 9.80. The van der Waals surface area contributed by atoms with E-state index in [-0.39, 0.29) is 20.4 Å². The van der Waals surface area contributed by atoms with Crippen molar-refractivity contribution in [3.63, 3.8) is 0 Å². The Hall–Kier alpha value is -0.370. The van der Waals surface area contributed by atoms with E-state index in [2.05, 4.69) is 10.0 Å². The summed E-state index contributed by atoms with van der Waals surface area (Å²) in [6, 6.07) is 3.25. The second kappa shape index (κ2) is 7.68. The average molecular weight is 381 g/mol. The molecule has 23 heavy (non-hydrogen) atoms. The minimum absolute atomic E-state index is 0.0534. The van der Waals surface area contributed by atoms with Crippen molar-refractivity contribution in [3.05, 3.63) is 27.7 Å². The Morgan fingerprint density at radius 2 is 1.96 bits per heavy atom. The Balaban J connectivity index is 2.23. The Kier molecular flexibility index (Phi) is 6.33. The molecule has 1 fully saturated rings. The van der Waals surface area contributed by atoms with Gasteiger partial charge in [0.25, 0.3) is 0 Å². The van der Waals surface area contributed by atoms with Gasteiger partial charge >= 0.3 is 0 Å². The lowest BCUT2D eigenvalue weighted by molar-refractivity contribution is 0.0577. The molecular formula is C15H22Cl2N2O3S. The molecule has 1 aliphatic heterocycles. The maximum Gasteiger partial charge on any atom is 0.243 e. The van der Waals surface area contributed by atoms with E-state index in [1.165, 1.54) is 0 Å². The minimum atomic E-state index is -3.79. The Labute approximate surface area is 147 Å². The Morgan fingerprint density at radius 3 is 2.57 bits per heavy atom. The van der Waals surface area contributed by atoms with Crippen LogP contribution in [0.1, 0.15) is 18.4 Å². The molecule has 0 atom stereocenters. The van der Waals surface area contributed by atoms with Gasteiger partial charge in [0.1, 0.15) is 4.90 Å². The molecule has 1 aliphatic rings. The number of benzene rings is 1. The quantitative estimate of drug-likeness (QED) is 0.795. The highest BCUT2D eigenvalue weighted by Gasteiger charge is 2.34. The zero-order valence-electron chi connectivity index (χ0n) is 13.3. The largest absolute Gasteiger partial charge is 0.384 e. The van der Waals surface area contributed by atoms with E-state index in [1.54, 1.807) is 26.2 Å². The first kappa shape index (κ1) is 19.0. The summed E-state index contributed by atoms with van der Waals surface area (Å²) in [7, 11) is -2.16. The summed E-state index contributed by atoms with van der Waals surface area (Å²) in [5, 5.41) is 3.56.